The molecule has 1 rings (SSSR count). The monoisotopic (exact) mass is 240 g/mol. The quantitative estimate of drug-likeness (QED) is 0.299. The number of epoxide rings is 1. The predicted octanol–water partition coefficient (Wildman–Crippen LogP) is 3.64. The predicted molar refractivity (Wildman–Crippen MR) is 76.8 cm³/mol. The molecule has 0 aromatic heterocycles. The fourth-order valence-corrected chi connectivity index (χ4v) is 1.57. The largest absolute Gasteiger partial charge is 0.365 e. The molecule has 1 saturated heterocycles. The molecule has 94 valence electrons. The molecule has 18 heavy (non-hydrogen) atoms. The van der Waals surface area contributed by atoms with Crippen LogP contribution in [0.2, 0.25) is 0 Å². The highest BCUT2D eigenvalue weighted by Gasteiger charge is 2.35. The van der Waals surface area contributed by atoms with Gasteiger partial charge in [-0.2, -0.15) is 0 Å². The van der Waals surface area contributed by atoms with Crippen molar-refractivity contribution in [3.8, 4) is 23.7 Å². The van der Waals surface area contributed by atoms with E-state index in [1.807, 2.05) is 31.2 Å². The molecule has 0 aliphatic carbocycles. The summed E-state index contributed by atoms with van der Waals surface area (Å²) in [6.07, 6.45) is 14.8. The fraction of sp³-hybridized carbons (Fsp3) is 0.412. The van der Waals surface area contributed by atoms with E-state index in [0.29, 0.717) is 6.10 Å². The van der Waals surface area contributed by atoms with Crippen LogP contribution < -0.4 is 0 Å². The van der Waals surface area contributed by atoms with Crippen molar-refractivity contribution in [3.05, 3.63) is 37.0 Å². The summed E-state index contributed by atoms with van der Waals surface area (Å²) >= 11 is 0. The molecule has 1 heterocycles. The van der Waals surface area contributed by atoms with Crippen LogP contribution in [0.4, 0.5) is 0 Å². The molecule has 0 radical (unpaired) electrons. The highest BCUT2D eigenvalue weighted by molar-refractivity contribution is 5.34. The van der Waals surface area contributed by atoms with E-state index in [4.69, 9.17) is 4.74 Å². The molecular formula is C17H20O. The molecule has 0 bridgehead atoms. The molecule has 2 unspecified atom stereocenters. The molecular weight excluding hydrogens is 220 g/mol. The zero-order valence-electron chi connectivity index (χ0n) is 11.0. The number of hydrogen-bond acceptors (Lipinski definition) is 1. The lowest BCUT2D eigenvalue weighted by Crippen LogP contribution is -1.90. The van der Waals surface area contributed by atoms with E-state index in [2.05, 4.69) is 30.3 Å². The van der Waals surface area contributed by atoms with Crippen LogP contribution in [0.3, 0.4) is 0 Å². The second-order valence-corrected chi connectivity index (χ2v) is 4.11. The number of rotatable bonds is 6. The van der Waals surface area contributed by atoms with Crippen molar-refractivity contribution in [3.63, 3.8) is 0 Å². The van der Waals surface area contributed by atoms with Gasteiger partial charge >= 0.3 is 0 Å². The third-order valence-electron chi connectivity index (χ3n) is 2.59. The smallest absolute Gasteiger partial charge is 0.103 e. The van der Waals surface area contributed by atoms with E-state index in [1.165, 1.54) is 12.8 Å². The first kappa shape index (κ1) is 14.4. The SMILES string of the molecule is C=CCCCCC1OC1C=CC#CC#CC=CC. The third kappa shape index (κ3) is 6.79. The number of unbranched alkanes of at least 4 members (excludes halogenated alkanes) is 2. The highest BCUT2D eigenvalue weighted by Crippen LogP contribution is 2.28. The summed E-state index contributed by atoms with van der Waals surface area (Å²) in [5.74, 6) is 11.2. The molecule has 0 amide bonds. The van der Waals surface area contributed by atoms with Crippen LogP contribution in [-0.2, 0) is 4.74 Å². The van der Waals surface area contributed by atoms with Gasteiger partial charge in [0.1, 0.15) is 6.10 Å². The summed E-state index contributed by atoms with van der Waals surface area (Å²) in [7, 11) is 0. The van der Waals surface area contributed by atoms with Crippen LogP contribution in [0.25, 0.3) is 0 Å². The van der Waals surface area contributed by atoms with Crippen molar-refractivity contribution in [2.24, 2.45) is 0 Å². The molecule has 1 aliphatic rings. The van der Waals surface area contributed by atoms with Crippen LogP contribution in [0.1, 0.15) is 32.6 Å². The van der Waals surface area contributed by atoms with Gasteiger partial charge in [-0.1, -0.05) is 30.4 Å². The molecule has 0 aromatic rings. The van der Waals surface area contributed by atoms with Gasteiger partial charge in [-0.15, -0.1) is 6.58 Å². The van der Waals surface area contributed by atoms with Gasteiger partial charge in [-0.3, -0.25) is 0 Å². The van der Waals surface area contributed by atoms with E-state index in [-0.39, 0.29) is 6.10 Å². The Bertz CT molecular complexity index is 420. The van der Waals surface area contributed by atoms with E-state index in [0.717, 1.165) is 12.8 Å². The maximum Gasteiger partial charge on any atom is 0.103 e. The fourth-order valence-electron chi connectivity index (χ4n) is 1.57. The minimum Gasteiger partial charge on any atom is -0.365 e. The van der Waals surface area contributed by atoms with Gasteiger partial charge < -0.3 is 4.74 Å². The van der Waals surface area contributed by atoms with Crippen molar-refractivity contribution in [1.29, 1.82) is 0 Å². The van der Waals surface area contributed by atoms with Crippen LogP contribution >= 0.6 is 0 Å². The summed E-state index contributed by atoms with van der Waals surface area (Å²) in [5, 5.41) is 0. The topological polar surface area (TPSA) is 12.5 Å². The van der Waals surface area contributed by atoms with Crippen molar-refractivity contribution >= 4 is 0 Å². The summed E-state index contributed by atoms with van der Waals surface area (Å²) in [6, 6.07) is 0. The standard InChI is InChI=1S/C17H20O/c1-3-5-7-9-10-11-13-15-17-16(18-17)14-12-8-6-4-2/h3-5,13,15-17H,2,6,8,12,14H2,1H3. The summed E-state index contributed by atoms with van der Waals surface area (Å²) in [4.78, 5) is 0. The van der Waals surface area contributed by atoms with Gasteiger partial charge in [-0.25, -0.2) is 0 Å². The first-order chi connectivity index (χ1) is 8.88. The van der Waals surface area contributed by atoms with E-state index in [1.54, 1.807) is 6.08 Å². The van der Waals surface area contributed by atoms with E-state index < -0.39 is 0 Å². The average Bonchev–Trinajstić information content (AvgIpc) is 3.12. The highest BCUT2D eigenvalue weighted by atomic mass is 16.6. The van der Waals surface area contributed by atoms with Gasteiger partial charge in [0.05, 0.1) is 6.10 Å². The Morgan fingerprint density at radius 2 is 1.94 bits per heavy atom. The molecule has 1 fully saturated rings. The molecule has 1 heteroatoms. The van der Waals surface area contributed by atoms with Crippen molar-refractivity contribution in [2.45, 2.75) is 44.8 Å². The molecule has 0 aromatic carbocycles. The van der Waals surface area contributed by atoms with Crippen molar-refractivity contribution in [1.82, 2.24) is 0 Å². The minimum absolute atomic E-state index is 0.270. The first-order valence-corrected chi connectivity index (χ1v) is 6.43. The molecule has 0 N–H and O–H groups in total. The number of hydrogen-bond donors (Lipinski definition) is 0. The lowest BCUT2D eigenvalue weighted by Gasteiger charge is -1.92. The molecule has 1 nitrogen and oxygen atoms in total. The number of ether oxygens (including phenoxy) is 1. The Morgan fingerprint density at radius 3 is 2.67 bits per heavy atom. The Balaban J connectivity index is 2.11. The molecule has 0 spiro atoms. The van der Waals surface area contributed by atoms with Gasteiger partial charge in [0.25, 0.3) is 0 Å². The molecule has 1 aliphatic heterocycles. The van der Waals surface area contributed by atoms with Gasteiger partial charge in [-0.05, 0) is 56.3 Å². The van der Waals surface area contributed by atoms with Crippen LogP contribution in [0.15, 0.2) is 37.0 Å². The minimum atomic E-state index is 0.270. The average molecular weight is 240 g/mol. The molecule has 2 atom stereocenters. The van der Waals surface area contributed by atoms with Gasteiger partial charge in [0, 0.05) is 0 Å². The second-order valence-electron chi connectivity index (χ2n) is 4.11. The summed E-state index contributed by atoms with van der Waals surface area (Å²) in [6.45, 7) is 5.64. The van der Waals surface area contributed by atoms with Crippen molar-refractivity contribution in [2.75, 3.05) is 0 Å². The third-order valence-corrected chi connectivity index (χ3v) is 2.59. The van der Waals surface area contributed by atoms with Crippen molar-refractivity contribution < 1.29 is 4.74 Å². The molecule has 0 saturated carbocycles. The lowest BCUT2D eigenvalue weighted by molar-refractivity contribution is 0.374. The second kappa shape index (κ2) is 9.34. The Labute approximate surface area is 111 Å². The zero-order chi connectivity index (χ0) is 13.1. The van der Waals surface area contributed by atoms with Gasteiger partial charge in [0.2, 0.25) is 0 Å². The van der Waals surface area contributed by atoms with Crippen LogP contribution in [0.5, 0.6) is 0 Å². The zero-order valence-corrected chi connectivity index (χ0v) is 11.0. The summed E-state index contributed by atoms with van der Waals surface area (Å²) < 4.78 is 5.51. The van der Waals surface area contributed by atoms with Crippen LogP contribution in [-0.4, -0.2) is 12.2 Å². The van der Waals surface area contributed by atoms with E-state index >= 15 is 0 Å². The lowest BCUT2D eigenvalue weighted by atomic mass is 10.1. The summed E-state index contributed by atoms with van der Waals surface area (Å²) in [5.41, 5.74) is 0. The Hall–Kier alpha value is -1.70. The van der Waals surface area contributed by atoms with E-state index in [9.17, 15) is 0 Å². The first-order valence-electron chi connectivity index (χ1n) is 6.43. The number of allylic oxidation sites excluding steroid dienone is 4. The Kier molecular flexibility index (Phi) is 7.45. The maximum absolute atomic E-state index is 5.51. The normalized spacial score (nSPS) is 21.2. The van der Waals surface area contributed by atoms with Crippen LogP contribution in [0, 0.1) is 23.7 Å². The van der Waals surface area contributed by atoms with Gasteiger partial charge in [0.15, 0.2) is 0 Å². The maximum atomic E-state index is 5.51. The Morgan fingerprint density at radius 1 is 1.17 bits per heavy atom.